The number of ether oxygens (including phenoxy) is 2. The summed E-state index contributed by atoms with van der Waals surface area (Å²) >= 11 is 0. The van der Waals surface area contributed by atoms with Crippen LogP contribution in [0.3, 0.4) is 0 Å². The van der Waals surface area contributed by atoms with Crippen LogP contribution in [-0.4, -0.2) is 18.7 Å². The van der Waals surface area contributed by atoms with Gasteiger partial charge in [0.15, 0.2) is 6.61 Å². The van der Waals surface area contributed by atoms with Gasteiger partial charge in [-0.1, -0.05) is 65.5 Å². The molecule has 8 atom stereocenters. The van der Waals surface area contributed by atoms with Gasteiger partial charge in [-0.25, -0.2) is 9.59 Å². The summed E-state index contributed by atoms with van der Waals surface area (Å²) in [4.78, 5) is 25.8. The van der Waals surface area contributed by atoms with E-state index in [4.69, 9.17) is 13.9 Å². The minimum Gasteiger partial charge on any atom is -0.481 e. The van der Waals surface area contributed by atoms with Gasteiger partial charge < -0.3 is 13.9 Å². The van der Waals surface area contributed by atoms with Crippen LogP contribution in [0, 0.1) is 53.3 Å². The Hall–Kier alpha value is -2.56. The molecule has 5 heteroatoms. The zero-order valence-corrected chi connectivity index (χ0v) is 30.6. The number of esters is 1. The molecule has 5 nitrogen and oxygen atoms in total. The monoisotopic (exact) mass is 656 g/mol. The second kappa shape index (κ2) is 13.3. The van der Waals surface area contributed by atoms with Gasteiger partial charge in [-0.05, 0) is 142 Å². The average molecular weight is 657 g/mol. The van der Waals surface area contributed by atoms with E-state index >= 15 is 0 Å². The Labute approximate surface area is 288 Å². The highest BCUT2D eigenvalue weighted by Crippen LogP contribution is 2.67. The van der Waals surface area contributed by atoms with Crippen molar-refractivity contribution in [2.45, 2.75) is 144 Å². The summed E-state index contributed by atoms with van der Waals surface area (Å²) in [6.45, 7) is 14.3. The summed E-state index contributed by atoms with van der Waals surface area (Å²) in [5, 5.41) is 0.993. The van der Waals surface area contributed by atoms with E-state index in [0.29, 0.717) is 16.7 Å². The summed E-state index contributed by atoms with van der Waals surface area (Å²) in [6, 6.07) is 3.89. The second-order valence-electron chi connectivity index (χ2n) is 17.6. The minimum atomic E-state index is -0.322. The molecule has 1 aromatic heterocycles. The van der Waals surface area contributed by atoms with Gasteiger partial charge in [0.1, 0.15) is 17.4 Å². The minimum absolute atomic E-state index is 0.0874. The summed E-state index contributed by atoms with van der Waals surface area (Å²) in [7, 11) is 0. The molecule has 0 N–H and O–H groups in total. The molecule has 1 heterocycles. The molecule has 0 saturated heterocycles. The molecule has 48 heavy (non-hydrogen) atoms. The van der Waals surface area contributed by atoms with Crippen LogP contribution in [0.5, 0.6) is 5.75 Å². The molecule has 5 aliphatic rings. The van der Waals surface area contributed by atoms with Crippen LogP contribution in [-0.2, 0) is 22.4 Å². The third-order valence-electron chi connectivity index (χ3n) is 14.5. The van der Waals surface area contributed by atoms with Crippen molar-refractivity contribution in [2.75, 3.05) is 6.61 Å². The van der Waals surface area contributed by atoms with E-state index in [0.717, 1.165) is 103 Å². The number of benzene rings is 1. The summed E-state index contributed by atoms with van der Waals surface area (Å²) in [6.07, 6.45) is 20.1. The number of rotatable bonds is 9. The van der Waals surface area contributed by atoms with Gasteiger partial charge in [0.05, 0.1) is 0 Å². The predicted octanol–water partition coefficient (Wildman–Crippen LogP) is 10.3. The van der Waals surface area contributed by atoms with Crippen molar-refractivity contribution in [3.63, 3.8) is 0 Å². The quantitative estimate of drug-likeness (QED) is 0.153. The van der Waals surface area contributed by atoms with E-state index in [1.165, 1.54) is 56.9 Å². The fourth-order valence-electron chi connectivity index (χ4n) is 11.9. The molecule has 0 amide bonds. The molecule has 262 valence electrons. The number of allylic oxidation sites excluding steroid dienone is 1. The Kier molecular flexibility index (Phi) is 9.39. The molecular weight excluding hydrogens is 596 g/mol. The number of hydrogen-bond acceptors (Lipinski definition) is 5. The fraction of sp³-hybridized carbons (Fsp3) is 0.721. The Bertz CT molecular complexity index is 1610. The molecule has 3 fully saturated rings. The van der Waals surface area contributed by atoms with Gasteiger partial charge in [0.2, 0.25) is 0 Å². The lowest BCUT2D eigenvalue weighted by molar-refractivity contribution is -0.153. The van der Waals surface area contributed by atoms with Gasteiger partial charge in [0, 0.05) is 22.9 Å². The van der Waals surface area contributed by atoms with Crippen LogP contribution in [0.25, 0.3) is 11.0 Å². The number of hydrogen-bond donors (Lipinski definition) is 0. The molecule has 0 unspecified atom stereocenters. The number of fused-ring (bicyclic) bond motifs is 8. The van der Waals surface area contributed by atoms with Gasteiger partial charge >= 0.3 is 11.6 Å². The van der Waals surface area contributed by atoms with E-state index in [-0.39, 0.29) is 29.7 Å². The molecule has 0 radical (unpaired) electrons. The Morgan fingerprint density at radius 2 is 1.77 bits per heavy atom. The van der Waals surface area contributed by atoms with Crippen LogP contribution in [0.2, 0.25) is 0 Å². The maximum atomic E-state index is 13.1. The largest absolute Gasteiger partial charge is 0.481 e. The summed E-state index contributed by atoms with van der Waals surface area (Å²) < 4.78 is 17.8. The number of carbonyl (C=O) groups excluding carboxylic acids is 1. The maximum Gasteiger partial charge on any atom is 0.344 e. The van der Waals surface area contributed by atoms with Crippen LogP contribution in [0.4, 0.5) is 0 Å². The third-order valence-corrected chi connectivity index (χ3v) is 14.5. The second-order valence-corrected chi connectivity index (χ2v) is 17.6. The van der Waals surface area contributed by atoms with Crippen molar-refractivity contribution in [3.05, 3.63) is 50.9 Å². The van der Waals surface area contributed by atoms with E-state index in [2.05, 4.69) is 40.7 Å². The third kappa shape index (κ3) is 5.97. The van der Waals surface area contributed by atoms with E-state index in [9.17, 15) is 9.59 Å². The lowest BCUT2D eigenvalue weighted by Gasteiger charge is -2.58. The molecule has 0 spiro atoms. The first-order chi connectivity index (χ1) is 23.0. The van der Waals surface area contributed by atoms with Crippen molar-refractivity contribution in [1.82, 2.24) is 0 Å². The number of carbonyl (C=O) groups is 1. The van der Waals surface area contributed by atoms with Crippen molar-refractivity contribution >= 4 is 16.9 Å². The molecule has 1 aromatic carbocycles. The fourth-order valence-corrected chi connectivity index (χ4v) is 11.9. The molecule has 5 aliphatic carbocycles. The number of aryl methyl sites for hydroxylation is 2. The summed E-state index contributed by atoms with van der Waals surface area (Å²) in [5.41, 5.74) is 5.32. The van der Waals surface area contributed by atoms with Crippen molar-refractivity contribution < 1.29 is 18.7 Å². The van der Waals surface area contributed by atoms with Crippen molar-refractivity contribution in [1.29, 1.82) is 0 Å². The normalized spacial score (nSPS) is 33.3. The van der Waals surface area contributed by atoms with Gasteiger partial charge in [-0.2, -0.15) is 0 Å². The van der Waals surface area contributed by atoms with E-state index in [1.807, 2.05) is 19.1 Å². The lowest BCUT2D eigenvalue weighted by Crippen LogP contribution is -2.51. The van der Waals surface area contributed by atoms with Crippen LogP contribution in [0.1, 0.15) is 135 Å². The Morgan fingerprint density at radius 3 is 2.56 bits per heavy atom. The zero-order chi connectivity index (χ0) is 33.8. The Morgan fingerprint density at radius 1 is 0.979 bits per heavy atom. The predicted molar refractivity (Wildman–Crippen MR) is 192 cm³/mol. The van der Waals surface area contributed by atoms with Crippen LogP contribution >= 0.6 is 0 Å². The molecule has 3 saturated carbocycles. The Balaban J connectivity index is 0.967. The van der Waals surface area contributed by atoms with Crippen LogP contribution < -0.4 is 10.4 Å². The topological polar surface area (TPSA) is 65.7 Å². The van der Waals surface area contributed by atoms with Crippen LogP contribution in [0.15, 0.2) is 33.0 Å². The van der Waals surface area contributed by atoms with E-state index < -0.39 is 0 Å². The van der Waals surface area contributed by atoms with Crippen molar-refractivity contribution in [3.8, 4) is 5.75 Å². The summed E-state index contributed by atoms with van der Waals surface area (Å²) in [5.74, 6) is 5.20. The first kappa shape index (κ1) is 33.9. The maximum absolute atomic E-state index is 13.1. The van der Waals surface area contributed by atoms with E-state index in [1.54, 1.807) is 0 Å². The lowest BCUT2D eigenvalue weighted by atomic mass is 9.47. The van der Waals surface area contributed by atoms with Gasteiger partial charge in [-0.3, -0.25) is 0 Å². The molecule has 2 aromatic rings. The standard InChI is InChI=1S/C43H60O5/c1-26(2)10-9-11-27(3)35-17-18-36-34-15-14-29-24-30(20-22-42(29,5)37(34)21-23-43(35,36)6)47-39(44)25-46-38-19-16-32-31-12-7-8-13-33(31)41(45)48-40(32)28(38)4/h14,16,19,26-27,30,34-37H,7-13,15,17-18,20-25H2,1-6H3/t27-,30+,34+,35-,36-,37-,42+,43-/m1/s1. The highest BCUT2D eigenvalue weighted by atomic mass is 16.6. The molecule has 0 aliphatic heterocycles. The first-order valence-corrected chi connectivity index (χ1v) is 19.6. The average Bonchev–Trinajstić information content (AvgIpc) is 3.42. The highest BCUT2D eigenvalue weighted by molar-refractivity contribution is 5.86. The van der Waals surface area contributed by atoms with Gasteiger partial charge in [0.25, 0.3) is 0 Å². The zero-order valence-electron chi connectivity index (χ0n) is 30.6. The molecule has 7 rings (SSSR count). The first-order valence-electron chi connectivity index (χ1n) is 19.6. The highest BCUT2D eigenvalue weighted by Gasteiger charge is 2.59. The smallest absolute Gasteiger partial charge is 0.344 e. The molecular formula is C43H60O5. The van der Waals surface area contributed by atoms with Gasteiger partial charge in [-0.15, -0.1) is 0 Å². The van der Waals surface area contributed by atoms with Crippen molar-refractivity contribution in [2.24, 2.45) is 46.3 Å². The SMILES string of the molecule is Cc1c(OCC(=O)O[C@H]2CC[C@@]3(C)C(=CC[C@H]4[C@H]5CC[C@H]([C@H](C)CCCC(C)C)[C@@]5(C)CC[C@H]43)C2)ccc2c3c(c(=O)oc12)CCCC3. The molecule has 0 bridgehead atoms.